The van der Waals surface area contributed by atoms with Crippen LogP contribution in [-0.4, -0.2) is 14.2 Å². The van der Waals surface area contributed by atoms with E-state index in [-0.39, 0.29) is 6.04 Å². The molecule has 0 saturated carbocycles. The molecule has 0 bridgehead atoms. The minimum Gasteiger partial charge on any atom is -0.496 e. The molecular weight excluding hydrogens is 282 g/mol. The number of hydrogen-bond acceptors (Lipinski definition) is 2. The van der Waals surface area contributed by atoms with E-state index in [0.717, 1.165) is 27.5 Å². The van der Waals surface area contributed by atoms with E-state index < -0.39 is 0 Å². The molecule has 1 N–H and O–H groups in total. The van der Waals surface area contributed by atoms with Crippen molar-refractivity contribution in [1.29, 1.82) is 0 Å². The lowest BCUT2D eigenvalue weighted by Crippen LogP contribution is -2.19. The van der Waals surface area contributed by atoms with Crippen LogP contribution in [0.5, 0.6) is 5.75 Å². The van der Waals surface area contributed by atoms with Crippen LogP contribution in [0, 0.1) is 20.8 Å². The smallest absolute Gasteiger partial charge is 0.127 e. The highest BCUT2D eigenvalue weighted by molar-refractivity contribution is 6.30. The molecule has 0 radical (unpaired) electrons. The molecule has 0 aromatic heterocycles. The molecule has 21 heavy (non-hydrogen) atoms. The van der Waals surface area contributed by atoms with Gasteiger partial charge in [0, 0.05) is 10.6 Å². The molecule has 0 aliphatic heterocycles. The fraction of sp³-hybridized carbons (Fsp3) is 0.333. The summed E-state index contributed by atoms with van der Waals surface area (Å²) in [4.78, 5) is 0. The third-order valence-electron chi connectivity index (χ3n) is 3.91. The van der Waals surface area contributed by atoms with Crippen molar-refractivity contribution in [3.8, 4) is 5.75 Å². The fourth-order valence-electron chi connectivity index (χ4n) is 2.74. The van der Waals surface area contributed by atoms with Crippen molar-refractivity contribution >= 4 is 11.6 Å². The zero-order valence-corrected chi connectivity index (χ0v) is 14.0. The maximum atomic E-state index is 6.21. The van der Waals surface area contributed by atoms with Gasteiger partial charge in [-0.05, 0) is 62.2 Å². The van der Waals surface area contributed by atoms with Crippen molar-refractivity contribution in [1.82, 2.24) is 5.32 Å². The summed E-state index contributed by atoms with van der Waals surface area (Å²) >= 11 is 6.21. The Kier molecular flexibility index (Phi) is 4.92. The van der Waals surface area contributed by atoms with E-state index in [0.29, 0.717) is 0 Å². The molecule has 0 aliphatic rings. The van der Waals surface area contributed by atoms with Crippen LogP contribution >= 0.6 is 11.6 Å². The van der Waals surface area contributed by atoms with E-state index in [1.807, 2.05) is 19.2 Å². The third kappa shape index (κ3) is 3.22. The van der Waals surface area contributed by atoms with Gasteiger partial charge in [0.25, 0.3) is 0 Å². The van der Waals surface area contributed by atoms with Crippen molar-refractivity contribution in [3.63, 3.8) is 0 Å². The topological polar surface area (TPSA) is 21.3 Å². The molecule has 0 fully saturated rings. The van der Waals surface area contributed by atoms with Gasteiger partial charge in [-0.15, -0.1) is 0 Å². The first kappa shape index (κ1) is 15.9. The number of halogens is 1. The molecule has 0 aliphatic carbocycles. The summed E-state index contributed by atoms with van der Waals surface area (Å²) in [5, 5.41) is 4.13. The summed E-state index contributed by atoms with van der Waals surface area (Å²) in [6.07, 6.45) is 0. The maximum absolute atomic E-state index is 6.21. The summed E-state index contributed by atoms with van der Waals surface area (Å²) in [5.74, 6) is 0.937. The molecule has 2 aromatic carbocycles. The molecule has 0 heterocycles. The van der Waals surface area contributed by atoms with Crippen molar-refractivity contribution in [2.24, 2.45) is 0 Å². The average Bonchev–Trinajstić information content (AvgIpc) is 2.43. The van der Waals surface area contributed by atoms with Gasteiger partial charge in [-0.1, -0.05) is 29.8 Å². The van der Waals surface area contributed by atoms with Gasteiger partial charge >= 0.3 is 0 Å². The molecule has 2 nitrogen and oxygen atoms in total. The molecule has 0 spiro atoms. The molecule has 1 atom stereocenters. The Labute approximate surface area is 132 Å². The Morgan fingerprint density at radius 1 is 1.10 bits per heavy atom. The predicted molar refractivity (Wildman–Crippen MR) is 89.6 cm³/mol. The standard InChI is InChI=1S/C18H22ClNO/c1-11-8-14(10-15(19)9-11)17(20-4)16-7-6-12(2)13(3)18(16)21-5/h6-10,17,20H,1-5H3. The van der Waals surface area contributed by atoms with E-state index in [1.54, 1.807) is 7.11 Å². The van der Waals surface area contributed by atoms with Crippen LogP contribution in [0.4, 0.5) is 0 Å². The van der Waals surface area contributed by atoms with Gasteiger partial charge in [-0.25, -0.2) is 0 Å². The van der Waals surface area contributed by atoms with Crippen LogP contribution in [0.25, 0.3) is 0 Å². The van der Waals surface area contributed by atoms with E-state index in [1.165, 1.54) is 11.1 Å². The first-order chi connectivity index (χ1) is 9.97. The normalized spacial score (nSPS) is 12.3. The fourth-order valence-corrected chi connectivity index (χ4v) is 3.04. The highest BCUT2D eigenvalue weighted by Crippen LogP contribution is 2.35. The Bertz CT molecular complexity index is 632. The average molecular weight is 304 g/mol. The van der Waals surface area contributed by atoms with Crippen molar-refractivity contribution in [3.05, 3.63) is 63.2 Å². The van der Waals surface area contributed by atoms with E-state index in [4.69, 9.17) is 16.3 Å². The quantitative estimate of drug-likeness (QED) is 0.892. The lowest BCUT2D eigenvalue weighted by atomic mass is 9.93. The highest BCUT2D eigenvalue weighted by atomic mass is 35.5. The Hall–Kier alpha value is -1.51. The van der Waals surface area contributed by atoms with Crippen LogP contribution in [0.1, 0.15) is 33.9 Å². The number of methoxy groups -OCH3 is 1. The van der Waals surface area contributed by atoms with Gasteiger partial charge in [0.1, 0.15) is 5.75 Å². The molecule has 1 unspecified atom stereocenters. The zero-order chi connectivity index (χ0) is 15.6. The Morgan fingerprint density at radius 3 is 2.38 bits per heavy atom. The third-order valence-corrected chi connectivity index (χ3v) is 4.13. The Morgan fingerprint density at radius 2 is 1.81 bits per heavy atom. The summed E-state index contributed by atoms with van der Waals surface area (Å²) < 4.78 is 5.65. The SMILES string of the molecule is CNC(c1cc(C)cc(Cl)c1)c1ccc(C)c(C)c1OC. The first-order valence-electron chi connectivity index (χ1n) is 7.06. The molecule has 2 rings (SSSR count). The molecule has 3 heteroatoms. The van der Waals surface area contributed by atoms with Crippen LogP contribution in [0.3, 0.4) is 0 Å². The van der Waals surface area contributed by atoms with Gasteiger partial charge in [0.05, 0.1) is 13.2 Å². The van der Waals surface area contributed by atoms with Crippen LogP contribution in [0.15, 0.2) is 30.3 Å². The first-order valence-corrected chi connectivity index (χ1v) is 7.44. The Balaban J connectivity index is 2.59. The molecule has 0 saturated heterocycles. The summed E-state index contributed by atoms with van der Waals surface area (Å²) in [7, 11) is 3.68. The summed E-state index contributed by atoms with van der Waals surface area (Å²) in [5.41, 5.74) is 5.83. The van der Waals surface area contributed by atoms with Gasteiger partial charge in [0.15, 0.2) is 0 Å². The van der Waals surface area contributed by atoms with E-state index >= 15 is 0 Å². The molecular formula is C18H22ClNO. The summed E-state index contributed by atoms with van der Waals surface area (Å²) in [6.45, 7) is 6.24. The number of benzene rings is 2. The second kappa shape index (κ2) is 6.50. The number of hydrogen-bond donors (Lipinski definition) is 1. The van der Waals surface area contributed by atoms with Gasteiger partial charge in [-0.3, -0.25) is 0 Å². The largest absolute Gasteiger partial charge is 0.496 e. The second-order valence-corrected chi connectivity index (χ2v) is 5.85. The maximum Gasteiger partial charge on any atom is 0.127 e. The van der Waals surface area contributed by atoms with Crippen molar-refractivity contribution in [2.75, 3.05) is 14.2 Å². The van der Waals surface area contributed by atoms with Gasteiger partial charge < -0.3 is 10.1 Å². The number of aryl methyl sites for hydroxylation is 2. The highest BCUT2D eigenvalue weighted by Gasteiger charge is 2.19. The second-order valence-electron chi connectivity index (χ2n) is 5.41. The minimum absolute atomic E-state index is 0.0525. The van der Waals surface area contributed by atoms with Crippen LogP contribution in [0.2, 0.25) is 5.02 Å². The van der Waals surface area contributed by atoms with E-state index in [9.17, 15) is 0 Å². The molecule has 112 valence electrons. The predicted octanol–water partition coefficient (Wildman–Crippen LogP) is 4.58. The van der Waals surface area contributed by atoms with Crippen molar-refractivity contribution < 1.29 is 4.74 Å². The summed E-state index contributed by atoms with van der Waals surface area (Å²) in [6, 6.07) is 10.4. The van der Waals surface area contributed by atoms with Gasteiger partial charge in [-0.2, -0.15) is 0 Å². The van der Waals surface area contributed by atoms with Crippen LogP contribution in [-0.2, 0) is 0 Å². The minimum atomic E-state index is 0.0525. The van der Waals surface area contributed by atoms with E-state index in [2.05, 4.69) is 44.3 Å². The number of rotatable bonds is 4. The lowest BCUT2D eigenvalue weighted by molar-refractivity contribution is 0.402. The number of ether oxygens (including phenoxy) is 1. The zero-order valence-electron chi connectivity index (χ0n) is 13.3. The monoisotopic (exact) mass is 303 g/mol. The lowest BCUT2D eigenvalue weighted by Gasteiger charge is -2.22. The van der Waals surface area contributed by atoms with Gasteiger partial charge in [0.2, 0.25) is 0 Å². The van der Waals surface area contributed by atoms with Crippen LogP contribution < -0.4 is 10.1 Å². The molecule has 0 amide bonds. The molecule has 2 aromatic rings. The number of nitrogens with one attached hydrogen (secondary N) is 1. The van der Waals surface area contributed by atoms with Crippen molar-refractivity contribution in [2.45, 2.75) is 26.8 Å².